The van der Waals surface area contributed by atoms with Crippen LogP contribution in [-0.4, -0.2) is 31.4 Å². The van der Waals surface area contributed by atoms with Crippen LogP contribution < -0.4 is 21.9 Å². The van der Waals surface area contributed by atoms with Gasteiger partial charge in [0, 0.05) is 20.5 Å². The van der Waals surface area contributed by atoms with Crippen molar-refractivity contribution in [2.45, 2.75) is 18.6 Å². The minimum Gasteiger partial charge on any atom is -0.390 e. The number of benzene rings is 1. The molecule has 0 radical (unpaired) electrons. The number of rotatable bonds is 2. The SMILES string of the molecule is Cn1c(=O)c2cc(NC(=O)N[C@@H]3c4ccccc4C[C@@H]3O)cnc2n(C)c1=O. The van der Waals surface area contributed by atoms with Gasteiger partial charge in [-0.1, -0.05) is 24.3 Å². The zero-order chi connectivity index (χ0) is 20.0. The zero-order valence-electron chi connectivity index (χ0n) is 15.3. The summed E-state index contributed by atoms with van der Waals surface area (Å²) in [7, 11) is 2.91. The van der Waals surface area contributed by atoms with E-state index in [4.69, 9.17) is 0 Å². The number of hydrogen-bond donors (Lipinski definition) is 3. The van der Waals surface area contributed by atoms with Crippen LogP contribution in [0.1, 0.15) is 17.2 Å². The number of pyridine rings is 1. The molecule has 9 nitrogen and oxygen atoms in total. The lowest BCUT2D eigenvalue weighted by Gasteiger charge is -2.18. The van der Waals surface area contributed by atoms with E-state index in [0.717, 1.165) is 15.7 Å². The number of aliphatic hydroxyl groups excluding tert-OH is 1. The van der Waals surface area contributed by atoms with Crippen LogP contribution in [0.3, 0.4) is 0 Å². The molecule has 0 saturated carbocycles. The molecular weight excluding hydrogens is 362 g/mol. The maximum atomic E-state index is 12.4. The van der Waals surface area contributed by atoms with E-state index >= 15 is 0 Å². The lowest BCUT2D eigenvalue weighted by Crippen LogP contribution is -2.38. The second-order valence-electron chi connectivity index (χ2n) is 6.85. The fraction of sp³-hybridized carbons (Fsp3) is 0.263. The van der Waals surface area contributed by atoms with Crippen molar-refractivity contribution in [1.29, 1.82) is 0 Å². The molecule has 28 heavy (non-hydrogen) atoms. The average molecular weight is 381 g/mol. The molecule has 1 aliphatic carbocycles. The molecule has 4 rings (SSSR count). The summed E-state index contributed by atoms with van der Waals surface area (Å²) in [6, 6.07) is 7.98. The highest BCUT2D eigenvalue weighted by Crippen LogP contribution is 2.31. The van der Waals surface area contributed by atoms with E-state index in [1.807, 2.05) is 24.3 Å². The summed E-state index contributed by atoms with van der Waals surface area (Å²) in [6.07, 6.45) is 1.14. The van der Waals surface area contributed by atoms with Crippen molar-refractivity contribution in [3.8, 4) is 0 Å². The Morgan fingerprint density at radius 3 is 2.75 bits per heavy atom. The van der Waals surface area contributed by atoms with E-state index in [0.29, 0.717) is 12.1 Å². The minimum atomic E-state index is -0.709. The van der Waals surface area contributed by atoms with Crippen molar-refractivity contribution in [2.75, 3.05) is 5.32 Å². The van der Waals surface area contributed by atoms with Crippen molar-refractivity contribution in [2.24, 2.45) is 14.1 Å². The monoisotopic (exact) mass is 381 g/mol. The van der Waals surface area contributed by atoms with Crippen molar-refractivity contribution >= 4 is 22.8 Å². The van der Waals surface area contributed by atoms with Gasteiger partial charge in [-0.05, 0) is 17.2 Å². The molecule has 2 atom stereocenters. The Morgan fingerprint density at radius 2 is 1.96 bits per heavy atom. The predicted molar refractivity (Wildman–Crippen MR) is 103 cm³/mol. The summed E-state index contributed by atoms with van der Waals surface area (Å²) in [6.45, 7) is 0. The molecule has 2 heterocycles. The Kier molecular flexibility index (Phi) is 4.23. The van der Waals surface area contributed by atoms with Gasteiger partial charge in [0.1, 0.15) is 5.65 Å². The van der Waals surface area contributed by atoms with Crippen LogP contribution in [-0.2, 0) is 20.5 Å². The maximum Gasteiger partial charge on any atom is 0.332 e. The number of fused-ring (bicyclic) bond motifs is 2. The second-order valence-corrected chi connectivity index (χ2v) is 6.85. The van der Waals surface area contributed by atoms with Crippen LogP contribution in [0.15, 0.2) is 46.1 Å². The Bertz CT molecular complexity index is 1210. The van der Waals surface area contributed by atoms with Gasteiger partial charge in [0.05, 0.1) is 29.4 Å². The fourth-order valence-electron chi connectivity index (χ4n) is 3.59. The third-order valence-corrected chi connectivity index (χ3v) is 5.04. The number of carbonyl (C=O) groups is 1. The van der Waals surface area contributed by atoms with E-state index in [-0.39, 0.29) is 11.0 Å². The number of hydrogen-bond acceptors (Lipinski definition) is 5. The second kappa shape index (κ2) is 6.61. The largest absolute Gasteiger partial charge is 0.390 e. The highest BCUT2D eigenvalue weighted by molar-refractivity contribution is 5.91. The molecule has 1 aromatic carbocycles. The highest BCUT2D eigenvalue weighted by atomic mass is 16.3. The molecule has 1 aliphatic rings. The summed E-state index contributed by atoms with van der Waals surface area (Å²) in [5.74, 6) is 0. The van der Waals surface area contributed by atoms with E-state index in [9.17, 15) is 19.5 Å². The molecule has 144 valence electrons. The van der Waals surface area contributed by atoms with E-state index < -0.39 is 29.4 Å². The van der Waals surface area contributed by atoms with Crippen LogP contribution in [0.2, 0.25) is 0 Å². The van der Waals surface area contributed by atoms with Gasteiger partial charge in [-0.15, -0.1) is 0 Å². The predicted octanol–water partition coefficient (Wildman–Crippen LogP) is 0.412. The molecule has 9 heteroatoms. The summed E-state index contributed by atoms with van der Waals surface area (Å²) < 4.78 is 2.26. The Balaban J connectivity index is 1.60. The number of urea groups is 1. The Morgan fingerprint density at radius 1 is 1.21 bits per heavy atom. The number of amides is 2. The molecule has 0 fully saturated rings. The van der Waals surface area contributed by atoms with Gasteiger partial charge >= 0.3 is 11.7 Å². The van der Waals surface area contributed by atoms with E-state index in [1.165, 1.54) is 30.9 Å². The number of nitrogens with one attached hydrogen (secondary N) is 2. The molecule has 0 bridgehead atoms. The van der Waals surface area contributed by atoms with Crippen molar-refractivity contribution in [3.05, 3.63) is 68.5 Å². The standard InChI is InChI=1S/C19H19N5O4/c1-23-16-13(17(26)24(2)19(23)28)8-11(9-20-16)21-18(27)22-15-12-6-4-3-5-10(12)7-14(15)25/h3-6,8-9,14-15,25H,7H2,1-2H3,(H2,21,22,27)/t14-,15+/m0/s1. The third kappa shape index (κ3) is 2.85. The molecule has 0 aliphatic heterocycles. The number of carbonyl (C=O) groups excluding carboxylic acids is 1. The summed E-state index contributed by atoms with van der Waals surface area (Å²) in [5, 5.41) is 15.9. The number of anilines is 1. The number of aryl methyl sites for hydroxylation is 1. The van der Waals surface area contributed by atoms with Crippen molar-refractivity contribution < 1.29 is 9.90 Å². The van der Waals surface area contributed by atoms with Crippen LogP contribution in [0, 0.1) is 0 Å². The third-order valence-electron chi connectivity index (χ3n) is 5.04. The summed E-state index contributed by atoms with van der Waals surface area (Å²) >= 11 is 0. The highest BCUT2D eigenvalue weighted by Gasteiger charge is 2.31. The van der Waals surface area contributed by atoms with Gasteiger partial charge in [0.15, 0.2) is 0 Å². The molecule has 2 amide bonds. The maximum absolute atomic E-state index is 12.4. The van der Waals surface area contributed by atoms with Crippen LogP contribution >= 0.6 is 0 Å². The van der Waals surface area contributed by atoms with Crippen molar-refractivity contribution in [3.63, 3.8) is 0 Å². The zero-order valence-corrected chi connectivity index (χ0v) is 15.3. The molecule has 0 spiro atoms. The van der Waals surface area contributed by atoms with Crippen molar-refractivity contribution in [1.82, 2.24) is 19.4 Å². The first-order valence-corrected chi connectivity index (χ1v) is 8.76. The molecule has 2 aromatic heterocycles. The van der Waals surface area contributed by atoms with Gasteiger partial charge in [-0.25, -0.2) is 14.6 Å². The first kappa shape index (κ1) is 17.9. The first-order chi connectivity index (χ1) is 13.4. The molecule has 3 aromatic rings. The molecule has 3 N–H and O–H groups in total. The molecule has 0 saturated heterocycles. The Labute approximate surface area is 159 Å². The lowest BCUT2D eigenvalue weighted by molar-refractivity contribution is 0.144. The molecular formula is C19H19N5O4. The van der Waals surface area contributed by atoms with E-state index in [2.05, 4.69) is 15.6 Å². The van der Waals surface area contributed by atoms with Gasteiger partial charge < -0.3 is 15.7 Å². The Hall–Kier alpha value is -3.46. The van der Waals surface area contributed by atoms with Crippen LogP contribution in [0.25, 0.3) is 11.0 Å². The van der Waals surface area contributed by atoms with Gasteiger partial charge in [0.25, 0.3) is 5.56 Å². The number of aliphatic hydroxyl groups is 1. The lowest BCUT2D eigenvalue weighted by atomic mass is 10.1. The summed E-state index contributed by atoms with van der Waals surface area (Å²) in [4.78, 5) is 40.9. The van der Waals surface area contributed by atoms with Gasteiger partial charge in [0.2, 0.25) is 0 Å². The summed E-state index contributed by atoms with van der Waals surface area (Å²) in [5.41, 5.74) is 1.45. The van der Waals surface area contributed by atoms with Gasteiger partial charge in [-0.2, -0.15) is 0 Å². The van der Waals surface area contributed by atoms with Gasteiger partial charge in [-0.3, -0.25) is 13.9 Å². The smallest absolute Gasteiger partial charge is 0.332 e. The first-order valence-electron chi connectivity index (χ1n) is 8.76. The fourth-order valence-corrected chi connectivity index (χ4v) is 3.59. The minimum absolute atomic E-state index is 0.216. The normalized spacial score (nSPS) is 18.1. The number of nitrogens with zero attached hydrogens (tertiary/aromatic N) is 3. The number of aromatic nitrogens is 3. The molecule has 0 unspecified atom stereocenters. The van der Waals surface area contributed by atoms with Crippen LogP contribution in [0.5, 0.6) is 0 Å². The average Bonchev–Trinajstić information content (AvgIpc) is 3.00. The van der Waals surface area contributed by atoms with Crippen LogP contribution in [0.4, 0.5) is 10.5 Å². The topological polar surface area (TPSA) is 118 Å². The quantitative estimate of drug-likeness (QED) is 0.594. The van der Waals surface area contributed by atoms with E-state index in [1.54, 1.807) is 0 Å².